The molecule has 0 aliphatic heterocycles. The average Bonchev–Trinajstić information content (AvgIpc) is 2.38. The van der Waals surface area contributed by atoms with Gasteiger partial charge in [0.15, 0.2) is 0 Å². The first-order valence-corrected chi connectivity index (χ1v) is 7.15. The second-order valence-electron chi connectivity index (χ2n) is 4.81. The van der Waals surface area contributed by atoms with Crippen molar-refractivity contribution >= 4 is 11.6 Å². The van der Waals surface area contributed by atoms with Gasteiger partial charge in [-0.2, -0.15) is 0 Å². The van der Waals surface area contributed by atoms with E-state index in [2.05, 4.69) is 19.2 Å². The van der Waals surface area contributed by atoms with Crippen molar-refractivity contribution in [1.82, 2.24) is 5.32 Å². The van der Waals surface area contributed by atoms with Crippen molar-refractivity contribution in [2.24, 2.45) is 0 Å². The van der Waals surface area contributed by atoms with E-state index in [1.807, 2.05) is 18.2 Å². The molecule has 0 amide bonds. The molecule has 3 nitrogen and oxygen atoms in total. The minimum absolute atomic E-state index is 0.438. The lowest BCUT2D eigenvalue weighted by molar-refractivity contribution is 0.184. The van der Waals surface area contributed by atoms with Crippen LogP contribution < -0.4 is 10.1 Å². The summed E-state index contributed by atoms with van der Waals surface area (Å²) < 4.78 is 10.8. The molecule has 0 unspecified atom stereocenters. The Morgan fingerprint density at radius 3 is 2.63 bits per heavy atom. The van der Waals surface area contributed by atoms with Crippen LogP contribution in [0, 0.1) is 0 Å². The van der Waals surface area contributed by atoms with Crippen molar-refractivity contribution in [1.29, 1.82) is 0 Å². The molecule has 4 heteroatoms. The molecule has 108 valence electrons. The second kappa shape index (κ2) is 9.18. The normalized spacial score (nSPS) is 11.0. The first-order valence-electron chi connectivity index (χ1n) is 6.77. The Balaban J connectivity index is 2.54. The summed E-state index contributed by atoms with van der Waals surface area (Å²) in [6, 6.07) is 6.31. The minimum atomic E-state index is 0.438. The third-order valence-corrected chi connectivity index (χ3v) is 3.04. The number of nitrogens with one attached hydrogen (secondary N) is 1. The summed E-state index contributed by atoms with van der Waals surface area (Å²) in [7, 11) is 1.71. The molecule has 0 atom stereocenters. The molecule has 0 bridgehead atoms. The first kappa shape index (κ1) is 16.3. The van der Waals surface area contributed by atoms with E-state index in [-0.39, 0.29) is 0 Å². The van der Waals surface area contributed by atoms with E-state index in [1.165, 1.54) is 0 Å². The predicted molar refractivity (Wildman–Crippen MR) is 80.0 cm³/mol. The summed E-state index contributed by atoms with van der Waals surface area (Å²) in [6.45, 7) is 6.45. The first-order chi connectivity index (χ1) is 9.15. The van der Waals surface area contributed by atoms with Gasteiger partial charge >= 0.3 is 0 Å². The number of para-hydroxylation sites is 1. The number of rotatable bonds is 9. The second-order valence-corrected chi connectivity index (χ2v) is 5.22. The third kappa shape index (κ3) is 6.28. The lowest BCUT2D eigenvalue weighted by atomic mass is 10.2. The van der Waals surface area contributed by atoms with E-state index in [0.717, 1.165) is 37.3 Å². The number of methoxy groups -OCH3 is 1. The number of benzene rings is 1. The topological polar surface area (TPSA) is 30.5 Å². The fraction of sp³-hybridized carbons (Fsp3) is 0.600. The Hall–Kier alpha value is -0.770. The molecule has 0 fully saturated rings. The predicted octanol–water partition coefficient (Wildman–Crippen LogP) is 3.64. The maximum absolute atomic E-state index is 6.21. The van der Waals surface area contributed by atoms with Crippen LogP contribution >= 0.6 is 11.6 Å². The van der Waals surface area contributed by atoms with Crippen LogP contribution in [0.1, 0.15) is 32.3 Å². The zero-order valence-corrected chi connectivity index (χ0v) is 12.8. The van der Waals surface area contributed by atoms with Gasteiger partial charge in [-0.1, -0.05) is 37.6 Å². The van der Waals surface area contributed by atoms with Gasteiger partial charge in [-0.25, -0.2) is 0 Å². The van der Waals surface area contributed by atoms with Gasteiger partial charge in [-0.15, -0.1) is 0 Å². The highest BCUT2D eigenvalue weighted by atomic mass is 35.5. The molecule has 0 aromatic heterocycles. The van der Waals surface area contributed by atoms with Gasteiger partial charge in [0, 0.05) is 31.9 Å². The van der Waals surface area contributed by atoms with Gasteiger partial charge in [0.1, 0.15) is 5.75 Å². The molecule has 0 saturated heterocycles. The monoisotopic (exact) mass is 285 g/mol. The van der Waals surface area contributed by atoms with Crippen LogP contribution in [-0.2, 0) is 11.3 Å². The zero-order valence-electron chi connectivity index (χ0n) is 12.0. The van der Waals surface area contributed by atoms with Gasteiger partial charge in [0.25, 0.3) is 0 Å². The van der Waals surface area contributed by atoms with Crippen molar-refractivity contribution in [2.75, 3.05) is 20.3 Å². The highest BCUT2D eigenvalue weighted by Crippen LogP contribution is 2.28. The fourth-order valence-electron chi connectivity index (χ4n) is 1.69. The molecule has 1 aromatic carbocycles. The summed E-state index contributed by atoms with van der Waals surface area (Å²) >= 11 is 6.21. The molecule has 0 aliphatic rings. The molecule has 0 spiro atoms. The Bertz CT molecular complexity index is 369. The van der Waals surface area contributed by atoms with Crippen molar-refractivity contribution in [3.8, 4) is 5.75 Å². The third-order valence-electron chi connectivity index (χ3n) is 2.74. The SMILES string of the molecule is COCCCCOc1c(Cl)cccc1CNC(C)C. The summed E-state index contributed by atoms with van der Waals surface area (Å²) in [5, 5.41) is 4.06. The average molecular weight is 286 g/mol. The molecular weight excluding hydrogens is 262 g/mol. The van der Waals surface area contributed by atoms with Gasteiger partial charge < -0.3 is 14.8 Å². The number of unbranched alkanes of at least 4 members (excludes halogenated alkanes) is 1. The van der Waals surface area contributed by atoms with Gasteiger partial charge in [0.2, 0.25) is 0 Å². The highest BCUT2D eigenvalue weighted by Gasteiger charge is 2.08. The Kier molecular flexibility index (Phi) is 7.87. The van der Waals surface area contributed by atoms with E-state index in [0.29, 0.717) is 17.7 Å². The molecule has 1 aromatic rings. The number of hydrogen-bond donors (Lipinski definition) is 1. The standard InChI is InChI=1S/C15H24ClNO2/c1-12(2)17-11-13-7-6-8-14(16)15(13)19-10-5-4-9-18-3/h6-8,12,17H,4-5,9-11H2,1-3H3. The van der Waals surface area contributed by atoms with Crippen molar-refractivity contribution < 1.29 is 9.47 Å². The summed E-state index contributed by atoms with van der Waals surface area (Å²) in [5.41, 5.74) is 1.10. The summed E-state index contributed by atoms with van der Waals surface area (Å²) in [6.07, 6.45) is 1.97. The molecule has 0 heterocycles. The maximum Gasteiger partial charge on any atom is 0.142 e. The minimum Gasteiger partial charge on any atom is -0.492 e. The lowest BCUT2D eigenvalue weighted by Gasteiger charge is -2.15. The molecule has 0 aliphatic carbocycles. The summed E-state index contributed by atoms with van der Waals surface area (Å²) in [5.74, 6) is 0.801. The van der Waals surface area contributed by atoms with Crippen LogP contribution in [0.2, 0.25) is 5.02 Å². The Morgan fingerprint density at radius 2 is 1.95 bits per heavy atom. The van der Waals surface area contributed by atoms with Gasteiger partial charge in [-0.3, -0.25) is 0 Å². The van der Waals surface area contributed by atoms with Crippen molar-refractivity contribution in [3.05, 3.63) is 28.8 Å². The van der Waals surface area contributed by atoms with Crippen LogP contribution in [-0.4, -0.2) is 26.4 Å². The van der Waals surface area contributed by atoms with Crippen LogP contribution in [0.4, 0.5) is 0 Å². The number of hydrogen-bond acceptors (Lipinski definition) is 3. The van der Waals surface area contributed by atoms with Gasteiger partial charge in [0.05, 0.1) is 11.6 Å². The molecular formula is C15H24ClNO2. The number of halogens is 1. The highest BCUT2D eigenvalue weighted by molar-refractivity contribution is 6.32. The summed E-state index contributed by atoms with van der Waals surface area (Å²) in [4.78, 5) is 0. The van der Waals surface area contributed by atoms with Crippen LogP contribution in [0.5, 0.6) is 5.75 Å². The maximum atomic E-state index is 6.21. The molecule has 0 saturated carbocycles. The Morgan fingerprint density at radius 1 is 1.21 bits per heavy atom. The Labute approximate surface area is 121 Å². The van der Waals surface area contributed by atoms with E-state index >= 15 is 0 Å². The van der Waals surface area contributed by atoms with E-state index in [9.17, 15) is 0 Å². The fourth-order valence-corrected chi connectivity index (χ4v) is 1.94. The van der Waals surface area contributed by atoms with Crippen LogP contribution in [0.3, 0.4) is 0 Å². The van der Waals surface area contributed by atoms with Crippen molar-refractivity contribution in [3.63, 3.8) is 0 Å². The van der Waals surface area contributed by atoms with E-state index < -0.39 is 0 Å². The van der Waals surface area contributed by atoms with Crippen LogP contribution in [0.25, 0.3) is 0 Å². The smallest absolute Gasteiger partial charge is 0.142 e. The van der Waals surface area contributed by atoms with Crippen molar-refractivity contribution in [2.45, 2.75) is 39.3 Å². The molecule has 0 radical (unpaired) electrons. The molecule has 19 heavy (non-hydrogen) atoms. The van der Waals surface area contributed by atoms with Gasteiger partial charge in [-0.05, 0) is 18.9 Å². The van der Waals surface area contributed by atoms with Crippen LogP contribution in [0.15, 0.2) is 18.2 Å². The van der Waals surface area contributed by atoms with E-state index in [4.69, 9.17) is 21.1 Å². The molecule has 1 rings (SSSR count). The lowest BCUT2D eigenvalue weighted by Crippen LogP contribution is -2.22. The van der Waals surface area contributed by atoms with E-state index in [1.54, 1.807) is 7.11 Å². The number of ether oxygens (including phenoxy) is 2. The molecule has 1 N–H and O–H groups in total. The zero-order chi connectivity index (χ0) is 14.1. The quantitative estimate of drug-likeness (QED) is 0.703. The largest absolute Gasteiger partial charge is 0.492 e.